The normalized spacial score (nSPS) is 12.2. The molecule has 0 heterocycles. The van der Waals surface area contributed by atoms with Crippen LogP contribution in [0, 0.1) is 6.92 Å². The highest BCUT2D eigenvalue weighted by molar-refractivity contribution is 9.10. The SMILES string of the molecule is Cc1ccc(C(=O)NC(C)CCCl)c(Br)c1. The lowest BCUT2D eigenvalue weighted by molar-refractivity contribution is 0.0938. The molecule has 1 aromatic rings. The second-order valence-corrected chi connectivity index (χ2v) is 5.07. The molecule has 1 N–H and O–H groups in total. The zero-order chi connectivity index (χ0) is 12.1. The predicted molar refractivity (Wildman–Crippen MR) is 71.1 cm³/mol. The van der Waals surface area contributed by atoms with Crippen LogP contribution in [0.3, 0.4) is 0 Å². The second kappa shape index (κ2) is 6.26. The lowest BCUT2D eigenvalue weighted by Crippen LogP contribution is -2.33. The van der Waals surface area contributed by atoms with Crippen molar-refractivity contribution in [3.63, 3.8) is 0 Å². The number of hydrogen-bond acceptors (Lipinski definition) is 1. The van der Waals surface area contributed by atoms with Crippen LogP contribution in [0.25, 0.3) is 0 Å². The van der Waals surface area contributed by atoms with E-state index >= 15 is 0 Å². The third-order valence-electron chi connectivity index (χ3n) is 2.29. The van der Waals surface area contributed by atoms with Crippen LogP contribution >= 0.6 is 27.5 Å². The highest BCUT2D eigenvalue weighted by atomic mass is 79.9. The van der Waals surface area contributed by atoms with Gasteiger partial charge in [-0.15, -0.1) is 11.6 Å². The van der Waals surface area contributed by atoms with Crippen molar-refractivity contribution in [2.75, 3.05) is 5.88 Å². The first kappa shape index (κ1) is 13.5. The minimum atomic E-state index is -0.0653. The molecule has 0 fully saturated rings. The number of carbonyl (C=O) groups is 1. The zero-order valence-electron chi connectivity index (χ0n) is 9.39. The molecule has 0 radical (unpaired) electrons. The minimum absolute atomic E-state index is 0.0653. The van der Waals surface area contributed by atoms with Gasteiger partial charge in [0.2, 0.25) is 0 Å². The molecule has 1 unspecified atom stereocenters. The van der Waals surface area contributed by atoms with Gasteiger partial charge in [-0.3, -0.25) is 4.79 Å². The van der Waals surface area contributed by atoms with Crippen LogP contribution in [0.1, 0.15) is 29.3 Å². The summed E-state index contributed by atoms with van der Waals surface area (Å²) in [4.78, 5) is 11.9. The van der Waals surface area contributed by atoms with Crippen molar-refractivity contribution in [2.24, 2.45) is 0 Å². The standard InChI is InChI=1S/C12H15BrClNO/c1-8-3-4-10(11(13)7-8)12(16)15-9(2)5-6-14/h3-4,7,9H,5-6H2,1-2H3,(H,15,16). The number of alkyl halides is 1. The third-order valence-corrected chi connectivity index (χ3v) is 3.16. The highest BCUT2D eigenvalue weighted by Gasteiger charge is 2.12. The van der Waals surface area contributed by atoms with Gasteiger partial charge in [-0.25, -0.2) is 0 Å². The summed E-state index contributed by atoms with van der Waals surface area (Å²) in [5.41, 5.74) is 1.78. The average molecular weight is 305 g/mol. The van der Waals surface area contributed by atoms with E-state index in [0.717, 1.165) is 16.5 Å². The maximum Gasteiger partial charge on any atom is 0.252 e. The van der Waals surface area contributed by atoms with E-state index in [9.17, 15) is 4.79 Å². The number of amides is 1. The number of benzene rings is 1. The molecule has 88 valence electrons. The van der Waals surface area contributed by atoms with Crippen LogP contribution in [-0.2, 0) is 0 Å². The van der Waals surface area contributed by atoms with Crippen molar-refractivity contribution < 1.29 is 4.79 Å². The number of rotatable bonds is 4. The maximum atomic E-state index is 11.9. The summed E-state index contributed by atoms with van der Waals surface area (Å²) in [5, 5.41) is 2.90. The molecule has 0 spiro atoms. The van der Waals surface area contributed by atoms with Gasteiger partial charge >= 0.3 is 0 Å². The monoisotopic (exact) mass is 303 g/mol. The van der Waals surface area contributed by atoms with E-state index in [1.165, 1.54) is 0 Å². The first-order valence-corrected chi connectivity index (χ1v) is 6.50. The van der Waals surface area contributed by atoms with E-state index in [1.807, 2.05) is 32.0 Å². The summed E-state index contributed by atoms with van der Waals surface area (Å²) in [7, 11) is 0. The molecule has 0 saturated heterocycles. The molecule has 1 aromatic carbocycles. The molecule has 2 nitrogen and oxygen atoms in total. The Kier molecular flexibility index (Phi) is 5.29. The maximum absolute atomic E-state index is 11.9. The van der Waals surface area contributed by atoms with Crippen molar-refractivity contribution in [3.8, 4) is 0 Å². The number of carbonyl (C=O) groups excluding carboxylic acids is 1. The molecule has 1 rings (SSSR count). The quantitative estimate of drug-likeness (QED) is 0.848. The molecule has 0 aliphatic heterocycles. The lowest BCUT2D eigenvalue weighted by Gasteiger charge is -2.13. The Balaban J connectivity index is 2.73. The Bertz CT molecular complexity index is 381. The molecule has 0 aliphatic carbocycles. The van der Waals surface area contributed by atoms with Crippen LogP contribution in [0.2, 0.25) is 0 Å². The zero-order valence-corrected chi connectivity index (χ0v) is 11.7. The summed E-state index contributed by atoms with van der Waals surface area (Å²) in [6, 6.07) is 5.77. The van der Waals surface area contributed by atoms with Crippen molar-refractivity contribution in [2.45, 2.75) is 26.3 Å². The van der Waals surface area contributed by atoms with Crippen molar-refractivity contribution in [3.05, 3.63) is 33.8 Å². The van der Waals surface area contributed by atoms with Gasteiger partial charge in [0.05, 0.1) is 5.56 Å². The molecule has 4 heteroatoms. The Labute approximate surface area is 110 Å². The van der Waals surface area contributed by atoms with Gasteiger partial charge in [-0.05, 0) is 53.9 Å². The summed E-state index contributed by atoms with van der Waals surface area (Å²) >= 11 is 9.01. The summed E-state index contributed by atoms with van der Waals surface area (Å²) in [5.74, 6) is 0.487. The number of hydrogen-bond donors (Lipinski definition) is 1. The molecule has 0 saturated carbocycles. The fourth-order valence-corrected chi connectivity index (χ4v) is 2.34. The minimum Gasteiger partial charge on any atom is -0.350 e. The van der Waals surface area contributed by atoms with Crippen LogP contribution in [-0.4, -0.2) is 17.8 Å². The Hall–Kier alpha value is -0.540. The summed E-state index contributed by atoms with van der Waals surface area (Å²) in [6.07, 6.45) is 0.775. The molecular weight excluding hydrogens is 289 g/mol. The first-order chi connectivity index (χ1) is 7.54. The fourth-order valence-electron chi connectivity index (χ4n) is 1.34. The third kappa shape index (κ3) is 3.80. The fraction of sp³-hybridized carbons (Fsp3) is 0.417. The molecule has 0 aliphatic rings. The molecule has 1 amide bonds. The van der Waals surface area contributed by atoms with Crippen LogP contribution < -0.4 is 5.32 Å². The molecular formula is C12H15BrClNO. The van der Waals surface area contributed by atoms with Crippen molar-refractivity contribution >= 4 is 33.4 Å². The number of halogens is 2. The van der Waals surface area contributed by atoms with Gasteiger partial charge in [0.15, 0.2) is 0 Å². The molecule has 1 atom stereocenters. The van der Waals surface area contributed by atoms with Crippen LogP contribution in [0.4, 0.5) is 0 Å². The van der Waals surface area contributed by atoms with Crippen molar-refractivity contribution in [1.82, 2.24) is 5.32 Å². The predicted octanol–water partition coefficient (Wildman–Crippen LogP) is 3.50. The molecule has 0 bridgehead atoms. The summed E-state index contributed by atoms with van der Waals surface area (Å²) in [6.45, 7) is 3.94. The average Bonchev–Trinajstić information content (AvgIpc) is 2.17. The Morgan fingerprint density at radius 3 is 2.81 bits per heavy atom. The smallest absolute Gasteiger partial charge is 0.252 e. The lowest BCUT2D eigenvalue weighted by atomic mass is 10.1. The van der Waals surface area contributed by atoms with E-state index < -0.39 is 0 Å². The number of aryl methyl sites for hydroxylation is 1. The topological polar surface area (TPSA) is 29.1 Å². The van der Waals surface area contributed by atoms with Gasteiger partial charge < -0.3 is 5.32 Å². The van der Waals surface area contributed by atoms with E-state index in [-0.39, 0.29) is 11.9 Å². The summed E-state index contributed by atoms with van der Waals surface area (Å²) < 4.78 is 0.822. The van der Waals surface area contributed by atoms with E-state index in [1.54, 1.807) is 0 Å². The van der Waals surface area contributed by atoms with E-state index in [2.05, 4.69) is 21.2 Å². The van der Waals surface area contributed by atoms with Gasteiger partial charge in [-0.1, -0.05) is 6.07 Å². The van der Waals surface area contributed by atoms with E-state index in [4.69, 9.17) is 11.6 Å². The van der Waals surface area contributed by atoms with E-state index in [0.29, 0.717) is 11.4 Å². The van der Waals surface area contributed by atoms with Crippen LogP contribution in [0.15, 0.2) is 22.7 Å². The number of nitrogens with one attached hydrogen (secondary N) is 1. The van der Waals surface area contributed by atoms with Gasteiger partial charge in [0.1, 0.15) is 0 Å². The largest absolute Gasteiger partial charge is 0.350 e. The van der Waals surface area contributed by atoms with Crippen LogP contribution in [0.5, 0.6) is 0 Å². The Morgan fingerprint density at radius 1 is 1.56 bits per heavy atom. The van der Waals surface area contributed by atoms with Gasteiger partial charge in [0, 0.05) is 16.4 Å². The second-order valence-electron chi connectivity index (χ2n) is 3.84. The highest BCUT2D eigenvalue weighted by Crippen LogP contribution is 2.18. The van der Waals surface area contributed by atoms with Gasteiger partial charge in [-0.2, -0.15) is 0 Å². The van der Waals surface area contributed by atoms with Crippen molar-refractivity contribution in [1.29, 1.82) is 0 Å². The molecule has 0 aromatic heterocycles. The molecule has 16 heavy (non-hydrogen) atoms. The first-order valence-electron chi connectivity index (χ1n) is 5.17. The Morgan fingerprint density at radius 2 is 2.25 bits per heavy atom. The van der Waals surface area contributed by atoms with Gasteiger partial charge in [0.25, 0.3) is 5.91 Å².